The molecule has 0 N–H and O–H groups in total. The molecule has 1 aromatic rings. The summed E-state index contributed by atoms with van der Waals surface area (Å²) in [6, 6.07) is 6.57. The van der Waals surface area contributed by atoms with Crippen molar-refractivity contribution < 1.29 is 9.53 Å². The molecule has 0 radical (unpaired) electrons. The summed E-state index contributed by atoms with van der Waals surface area (Å²) in [7, 11) is 0. The Balaban J connectivity index is 2.18. The van der Waals surface area contributed by atoms with Crippen molar-refractivity contribution in [1.82, 2.24) is 0 Å². The minimum Gasteiger partial charge on any atom is -0.465 e. The quantitative estimate of drug-likeness (QED) is 0.597. The van der Waals surface area contributed by atoms with Gasteiger partial charge in [0.25, 0.3) is 0 Å². The van der Waals surface area contributed by atoms with Gasteiger partial charge in [-0.2, -0.15) is 0 Å². The Bertz CT molecular complexity index is 490. The van der Waals surface area contributed by atoms with Crippen LogP contribution in [0.1, 0.15) is 37.0 Å². The van der Waals surface area contributed by atoms with Crippen LogP contribution in [-0.2, 0) is 28.8 Å². The van der Waals surface area contributed by atoms with E-state index in [4.69, 9.17) is 4.74 Å². The Labute approximate surface area is 115 Å². The molecule has 102 valence electrons. The first-order valence-electron chi connectivity index (χ1n) is 7.00. The Morgan fingerprint density at radius 1 is 1.42 bits per heavy atom. The van der Waals surface area contributed by atoms with Crippen molar-refractivity contribution in [1.29, 1.82) is 0 Å². The number of fused-ring (bicyclic) bond motifs is 1. The molecule has 0 aliphatic heterocycles. The van der Waals surface area contributed by atoms with Crippen LogP contribution >= 0.6 is 0 Å². The molecule has 0 amide bonds. The number of esters is 1. The highest BCUT2D eigenvalue weighted by molar-refractivity contribution is 5.79. The summed E-state index contributed by atoms with van der Waals surface area (Å²) < 4.78 is 5.15. The normalized spacial score (nSPS) is 16.5. The Hall–Kier alpha value is -1.57. The van der Waals surface area contributed by atoms with E-state index in [0.717, 1.165) is 6.42 Å². The molecule has 0 saturated carbocycles. The molecule has 0 heterocycles. The van der Waals surface area contributed by atoms with E-state index >= 15 is 0 Å². The highest BCUT2D eigenvalue weighted by atomic mass is 16.5. The average molecular weight is 258 g/mol. The molecule has 0 aromatic heterocycles. The van der Waals surface area contributed by atoms with Crippen LogP contribution in [0.5, 0.6) is 0 Å². The van der Waals surface area contributed by atoms with Crippen molar-refractivity contribution in [3.05, 3.63) is 47.5 Å². The van der Waals surface area contributed by atoms with Crippen molar-refractivity contribution >= 4 is 5.97 Å². The lowest BCUT2D eigenvalue weighted by Gasteiger charge is -2.23. The van der Waals surface area contributed by atoms with Gasteiger partial charge in [0, 0.05) is 0 Å². The van der Waals surface area contributed by atoms with E-state index in [2.05, 4.69) is 24.8 Å². The summed E-state index contributed by atoms with van der Waals surface area (Å²) in [5, 5.41) is 0. The van der Waals surface area contributed by atoms with Gasteiger partial charge in [-0.15, -0.1) is 6.58 Å². The van der Waals surface area contributed by atoms with Gasteiger partial charge in [-0.25, -0.2) is 0 Å². The van der Waals surface area contributed by atoms with E-state index in [-0.39, 0.29) is 5.97 Å². The largest absolute Gasteiger partial charge is 0.465 e. The number of carbonyl (C=O) groups excluding carboxylic acids is 1. The molecule has 2 nitrogen and oxygen atoms in total. The van der Waals surface area contributed by atoms with Crippen molar-refractivity contribution in [2.45, 2.75) is 39.5 Å². The lowest BCUT2D eigenvalue weighted by atomic mass is 9.83. The Morgan fingerprint density at radius 3 is 2.84 bits per heavy atom. The van der Waals surface area contributed by atoms with Crippen LogP contribution < -0.4 is 0 Å². The third-order valence-electron chi connectivity index (χ3n) is 3.93. The number of benzene rings is 1. The molecule has 1 unspecified atom stereocenters. The molecule has 0 saturated heterocycles. The van der Waals surface area contributed by atoms with Gasteiger partial charge in [0.15, 0.2) is 0 Å². The predicted octanol–water partition coefficient (Wildman–Crippen LogP) is 3.47. The number of aryl methyl sites for hydroxylation is 2. The zero-order valence-electron chi connectivity index (χ0n) is 11.9. The lowest BCUT2D eigenvalue weighted by molar-refractivity contribution is -0.151. The van der Waals surface area contributed by atoms with Crippen molar-refractivity contribution in [2.75, 3.05) is 6.61 Å². The highest BCUT2D eigenvalue weighted by Crippen LogP contribution is 2.29. The van der Waals surface area contributed by atoms with E-state index in [1.165, 1.54) is 29.5 Å². The van der Waals surface area contributed by atoms with E-state index in [1.807, 2.05) is 13.8 Å². The number of carbonyl (C=O) groups is 1. The van der Waals surface area contributed by atoms with Crippen LogP contribution in [0.3, 0.4) is 0 Å². The second-order valence-corrected chi connectivity index (χ2v) is 5.48. The zero-order chi connectivity index (χ0) is 13.9. The van der Waals surface area contributed by atoms with Crippen molar-refractivity contribution in [3.63, 3.8) is 0 Å². The lowest BCUT2D eigenvalue weighted by Crippen LogP contribution is -2.30. The van der Waals surface area contributed by atoms with Crippen LogP contribution in [0.2, 0.25) is 0 Å². The van der Waals surface area contributed by atoms with Crippen LogP contribution in [0.25, 0.3) is 0 Å². The van der Waals surface area contributed by atoms with Gasteiger partial charge in [-0.3, -0.25) is 4.79 Å². The third-order valence-corrected chi connectivity index (χ3v) is 3.93. The molecule has 1 aliphatic carbocycles. The first kappa shape index (κ1) is 13.9. The maximum atomic E-state index is 12.0. The smallest absolute Gasteiger partial charge is 0.315 e. The topological polar surface area (TPSA) is 26.3 Å². The predicted molar refractivity (Wildman–Crippen MR) is 77.1 cm³/mol. The monoisotopic (exact) mass is 258 g/mol. The van der Waals surface area contributed by atoms with E-state index in [1.54, 1.807) is 6.08 Å². The van der Waals surface area contributed by atoms with Crippen LogP contribution in [0.4, 0.5) is 0 Å². The SMILES string of the molecule is C=CC(C)(Cc1ccc2c(c1)CCC2)C(=O)OCC. The number of ether oxygens (including phenoxy) is 1. The number of rotatable bonds is 5. The highest BCUT2D eigenvalue weighted by Gasteiger charge is 2.31. The van der Waals surface area contributed by atoms with Gasteiger partial charge in [-0.1, -0.05) is 24.3 Å². The number of hydrogen-bond acceptors (Lipinski definition) is 2. The molecular formula is C17H22O2. The second-order valence-electron chi connectivity index (χ2n) is 5.48. The molecule has 1 aliphatic rings. The fourth-order valence-electron chi connectivity index (χ4n) is 2.68. The minimum atomic E-state index is -0.636. The molecule has 19 heavy (non-hydrogen) atoms. The van der Waals surface area contributed by atoms with E-state index in [9.17, 15) is 4.79 Å². The van der Waals surface area contributed by atoms with Gasteiger partial charge < -0.3 is 4.74 Å². The summed E-state index contributed by atoms with van der Waals surface area (Å²) in [5.41, 5.74) is 3.45. The molecule has 0 spiro atoms. The molecule has 0 bridgehead atoms. The molecule has 0 fully saturated rings. The molecular weight excluding hydrogens is 236 g/mol. The zero-order valence-corrected chi connectivity index (χ0v) is 11.9. The average Bonchev–Trinajstić information content (AvgIpc) is 2.86. The summed E-state index contributed by atoms with van der Waals surface area (Å²) >= 11 is 0. The molecule has 2 heteroatoms. The first-order valence-corrected chi connectivity index (χ1v) is 7.00. The van der Waals surface area contributed by atoms with Crippen LogP contribution in [0.15, 0.2) is 30.9 Å². The number of hydrogen-bond donors (Lipinski definition) is 0. The van der Waals surface area contributed by atoms with Gasteiger partial charge >= 0.3 is 5.97 Å². The van der Waals surface area contributed by atoms with Gasteiger partial charge in [0.1, 0.15) is 0 Å². The minimum absolute atomic E-state index is 0.189. The first-order chi connectivity index (χ1) is 9.09. The third kappa shape index (κ3) is 2.89. The standard InChI is InChI=1S/C17H22O2/c1-4-17(3,16(18)19-5-2)12-13-9-10-14-7-6-8-15(14)11-13/h4,9-11H,1,5-8,12H2,2-3H3. The summed E-state index contributed by atoms with van der Waals surface area (Å²) in [5.74, 6) is -0.189. The fourth-order valence-corrected chi connectivity index (χ4v) is 2.68. The molecule has 1 atom stereocenters. The summed E-state index contributed by atoms with van der Waals surface area (Å²) in [6.07, 6.45) is 5.95. The van der Waals surface area contributed by atoms with Crippen molar-refractivity contribution in [3.8, 4) is 0 Å². The molecule has 2 rings (SSSR count). The Kier molecular flexibility index (Phi) is 4.08. The van der Waals surface area contributed by atoms with Gasteiger partial charge in [0.05, 0.1) is 12.0 Å². The van der Waals surface area contributed by atoms with Crippen LogP contribution in [0, 0.1) is 5.41 Å². The fraction of sp³-hybridized carbons (Fsp3) is 0.471. The maximum absolute atomic E-state index is 12.0. The van der Waals surface area contributed by atoms with Crippen LogP contribution in [-0.4, -0.2) is 12.6 Å². The maximum Gasteiger partial charge on any atom is 0.315 e. The van der Waals surface area contributed by atoms with E-state index < -0.39 is 5.41 Å². The summed E-state index contributed by atoms with van der Waals surface area (Å²) in [6.45, 7) is 7.94. The van der Waals surface area contributed by atoms with Gasteiger partial charge in [-0.05, 0) is 56.2 Å². The summed E-state index contributed by atoms with van der Waals surface area (Å²) in [4.78, 5) is 12.0. The second kappa shape index (κ2) is 5.60. The van der Waals surface area contributed by atoms with Crippen molar-refractivity contribution in [2.24, 2.45) is 5.41 Å². The Morgan fingerprint density at radius 2 is 2.16 bits per heavy atom. The van der Waals surface area contributed by atoms with E-state index in [0.29, 0.717) is 13.0 Å². The van der Waals surface area contributed by atoms with Gasteiger partial charge in [0.2, 0.25) is 0 Å². The molecule has 1 aromatic carbocycles.